The summed E-state index contributed by atoms with van der Waals surface area (Å²) in [5.74, 6) is -0.479. The molecule has 1 amide bonds. The molecule has 5 nitrogen and oxygen atoms in total. The molecule has 9 heteroatoms. The third kappa shape index (κ3) is 4.22. The first-order valence-electron chi connectivity index (χ1n) is 8.54. The number of hydrogen-bond acceptors (Lipinski definition) is 6. The van der Waals surface area contributed by atoms with Crippen LogP contribution in [0.25, 0.3) is 10.2 Å². The molecule has 1 aromatic carbocycles. The van der Waals surface area contributed by atoms with E-state index >= 15 is 0 Å². The van der Waals surface area contributed by atoms with Gasteiger partial charge in [0.1, 0.15) is 11.3 Å². The molecule has 0 radical (unpaired) electrons. The molecule has 2 aromatic heterocycles. The summed E-state index contributed by atoms with van der Waals surface area (Å²) >= 11 is 6.13. The number of benzene rings is 1. The van der Waals surface area contributed by atoms with Crippen LogP contribution in [-0.4, -0.2) is 55.2 Å². The molecule has 4 rings (SSSR count). The Morgan fingerprint density at radius 3 is 2.78 bits per heavy atom. The second-order valence-corrected chi connectivity index (χ2v) is 9.57. The number of carbonyl (C=O) groups excluding carboxylic acids is 1. The second-order valence-electron chi connectivity index (χ2n) is 6.10. The minimum Gasteiger partial charge on any atom is -0.379 e. The second kappa shape index (κ2) is 8.32. The van der Waals surface area contributed by atoms with Crippen LogP contribution in [0.2, 0.25) is 0 Å². The summed E-state index contributed by atoms with van der Waals surface area (Å²) in [6, 6.07) is 8.53. The maximum atomic E-state index is 14.1. The number of thiazole rings is 1. The maximum Gasteiger partial charge on any atom is 0.270 e. The molecule has 142 valence electrons. The lowest BCUT2D eigenvalue weighted by molar-refractivity contribution is 0.0391. The number of nitrogens with zero attached hydrogens (tertiary/aromatic N) is 3. The van der Waals surface area contributed by atoms with Crippen molar-refractivity contribution >= 4 is 59.9 Å². The highest BCUT2D eigenvalue weighted by atomic mass is 79.9. The smallest absolute Gasteiger partial charge is 0.270 e. The van der Waals surface area contributed by atoms with Crippen molar-refractivity contribution in [2.24, 2.45) is 0 Å². The molecule has 0 N–H and O–H groups in total. The predicted octanol–water partition coefficient (Wildman–Crippen LogP) is 4.24. The van der Waals surface area contributed by atoms with Crippen molar-refractivity contribution in [3.05, 3.63) is 44.8 Å². The Morgan fingerprint density at radius 1 is 1.26 bits per heavy atom. The Bertz CT molecular complexity index is 955. The number of morpholine rings is 1. The predicted molar refractivity (Wildman–Crippen MR) is 111 cm³/mol. The van der Waals surface area contributed by atoms with E-state index in [1.165, 1.54) is 28.7 Å². The number of carbonyl (C=O) groups is 1. The third-order valence-corrected chi connectivity index (χ3v) is 7.02. The van der Waals surface area contributed by atoms with Gasteiger partial charge in [0.15, 0.2) is 5.13 Å². The van der Waals surface area contributed by atoms with E-state index in [-0.39, 0.29) is 11.7 Å². The maximum absolute atomic E-state index is 14.1. The summed E-state index contributed by atoms with van der Waals surface area (Å²) in [7, 11) is 0. The van der Waals surface area contributed by atoms with Crippen molar-refractivity contribution < 1.29 is 13.9 Å². The molecule has 0 unspecified atom stereocenters. The van der Waals surface area contributed by atoms with Crippen molar-refractivity contribution in [2.75, 3.05) is 44.3 Å². The van der Waals surface area contributed by atoms with E-state index in [4.69, 9.17) is 4.74 Å². The summed E-state index contributed by atoms with van der Waals surface area (Å²) in [6.07, 6.45) is 0. The van der Waals surface area contributed by atoms with Crippen molar-refractivity contribution in [1.29, 1.82) is 0 Å². The van der Waals surface area contributed by atoms with Gasteiger partial charge in [0.05, 0.1) is 26.6 Å². The normalized spacial score (nSPS) is 15.3. The molecule has 27 heavy (non-hydrogen) atoms. The molecular formula is C18H17BrFN3O2S2. The largest absolute Gasteiger partial charge is 0.379 e. The van der Waals surface area contributed by atoms with E-state index < -0.39 is 0 Å². The number of thiophene rings is 1. The lowest BCUT2D eigenvalue weighted by Crippen LogP contribution is -2.43. The van der Waals surface area contributed by atoms with Crippen LogP contribution in [0.4, 0.5) is 9.52 Å². The minimum absolute atomic E-state index is 0.113. The highest BCUT2D eigenvalue weighted by molar-refractivity contribution is 9.11. The van der Waals surface area contributed by atoms with Gasteiger partial charge in [0, 0.05) is 26.2 Å². The Kier molecular flexibility index (Phi) is 5.84. The molecule has 3 aromatic rings. The molecule has 0 saturated carbocycles. The zero-order valence-electron chi connectivity index (χ0n) is 14.4. The van der Waals surface area contributed by atoms with Gasteiger partial charge in [-0.15, -0.1) is 11.3 Å². The molecule has 0 atom stereocenters. The first kappa shape index (κ1) is 18.9. The third-order valence-electron chi connectivity index (χ3n) is 4.36. The fraction of sp³-hybridized carbons (Fsp3) is 0.333. The summed E-state index contributed by atoms with van der Waals surface area (Å²) in [5.41, 5.74) is 0.314. The number of aromatic nitrogens is 1. The van der Waals surface area contributed by atoms with Gasteiger partial charge in [0.25, 0.3) is 5.91 Å². The molecule has 1 fully saturated rings. The number of anilines is 1. The Balaban J connectivity index is 1.63. The van der Waals surface area contributed by atoms with Crippen molar-refractivity contribution in [3.63, 3.8) is 0 Å². The Hall–Kier alpha value is -1.39. The molecule has 1 aliphatic heterocycles. The summed E-state index contributed by atoms with van der Waals surface area (Å²) in [4.78, 5) is 22.1. The van der Waals surface area contributed by atoms with Gasteiger partial charge in [-0.2, -0.15) is 0 Å². The number of rotatable bonds is 5. The van der Waals surface area contributed by atoms with Gasteiger partial charge >= 0.3 is 0 Å². The van der Waals surface area contributed by atoms with Gasteiger partial charge in [-0.25, -0.2) is 9.37 Å². The standard InChI is InChI=1S/C18H17BrFN3O2S2/c19-15-5-4-14(26-15)17(24)23(7-6-22-8-10-25-11-9-22)18-21-16-12(20)2-1-3-13(16)27-18/h1-5H,6-11H2. The van der Waals surface area contributed by atoms with E-state index in [1.54, 1.807) is 17.0 Å². The highest BCUT2D eigenvalue weighted by Crippen LogP contribution is 2.32. The molecule has 0 spiro atoms. The molecule has 3 heterocycles. The number of halogens is 2. The fourth-order valence-electron chi connectivity index (χ4n) is 2.93. The SMILES string of the molecule is O=C(c1ccc(Br)s1)N(CCN1CCOCC1)c1nc2c(F)cccc2s1. The summed E-state index contributed by atoms with van der Waals surface area (Å²) in [6.45, 7) is 4.33. The fourth-order valence-corrected chi connectivity index (χ4v) is 5.27. The molecule has 1 aliphatic rings. The Labute approximate surface area is 172 Å². The van der Waals surface area contributed by atoms with E-state index in [0.29, 0.717) is 35.3 Å². The lowest BCUT2D eigenvalue weighted by Gasteiger charge is -2.29. The number of fused-ring (bicyclic) bond motifs is 1. The van der Waals surface area contributed by atoms with Gasteiger partial charge < -0.3 is 4.74 Å². The van der Waals surface area contributed by atoms with E-state index in [2.05, 4.69) is 25.8 Å². The lowest BCUT2D eigenvalue weighted by atomic mass is 10.3. The van der Waals surface area contributed by atoms with Crippen LogP contribution in [0.15, 0.2) is 34.1 Å². The zero-order valence-corrected chi connectivity index (χ0v) is 17.6. The monoisotopic (exact) mass is 469 g/mol. The number of para-hydroxylation sites is 1. The van der Waals surface area contributed by atoms with E-state index in [9.17, 15) is 9.18 Å². The van der Waals surface area contributed by atoms with Crippen molar-refractivity contribution in [2.45, 2.75) is 0 Å². The number of hydrogen-bond donors (Lipinski definition) is 0. The van der Waals surface area contributed by atoms with Crippen LogP contribution in [0.5, 0.6) is 0 Å². The quantitative estimate of drug-likeness (QED) is 0.560. The van der Waals surface area contributed by atoms with Crippen molar-refractivity contribution in [3.8, 4) is 0 Å². The van der Waals surface area contributed by atoms with Crippen LogP contribution in [0.1, 0.15) is 9.67 Å². The first-order chi connectivity index (χ1) is 13.1. The van der Waals surface area contributed by atoms with Crippen molar-refractivity contribution in [1.82, 2.24) is 9.88 Å². The van der Waals surface area contributed by atoms with Gasteiger partial charge in [-0.05, 0) is 40.2 Å². The number of ether oxygens (including phenoxy) is 1. The average Bonchev–Trinajstić information content (AvgIpc) is 3.30. The van der Waals surface area contributed by atoms with Crippen LogP contribution in [0, 0.1) is 5.82 Å². The van der Waals surface area contributed by atoms with E-state index in [0.717, 1.165) is 28.1 Å². The molecule has 1 saturated heterocycles. The van der Waals surface area contributed by atoms with Crippen LogP contribution in [0.3, 0.4) is 0 Å². The van der Waals surface area contributed by atoms with Gasteiger partial charge in [-0.3, -0.25) is 14.6 Å². The van der Waals surface area contributed by atoms with Crippen LogP contribution < -0.4 is 4.90 Å². The summed E-state index contributed by atoms with van der Waals surface area (Å²) in [5, 5.41) is 0.526. The average molecular weight is 470 g/mol. The van der Waals surface area contributed by atoms with Gasteiger partial charge in [0.2, 0.25) is 0 Å². The van der Waals surface area contributed by atoms with Crippen LogP contribution >= 0.6 is 38.6 Å². The summed E-state index contributed by atoms with van der Waals surface area (Å²) < 4.78 is 21.1. The molecular weight excluding hydrogens is 453 g/mol. The number of amides is 1. The Morgan fingerprint density at radius 2 is 2.07 bits per heavy atom. The first-order valence-corrected chi connectivity index (χ1v) is 11.0. The van der Waals surface area contributed by atoms with Crippen LogP contribution in [-0.2, 0) is 4.74 Å². The topological polar surface area (TPSA) is 45.7 Å². The minimum atomic E-state index is -0.366. The van der Waals surface area contributed by atoms with E-state index in [1.807, 2.05) is 12.1 Å². The highest BCUT2D eigenvalue weighted by Gasteiger charge is 2.24. The van der Waals surface area contributed by atoms with Gasteiger partial charge in [-0.1, -0.05) is 17.4 Å². The molecule has 0 aliphatic carbocycles. The zero-order chi connectivity index (χ0) is 18.8. The molecule has 0 bridgehead atoms.